The summed E-state index contributed by atoms with van der Waals surface area (Å²) in [5, 5.41) is 0. The van der Waals surface area contributed by atoms with E-state index in [9.17, 15) is 0 Å². The molecule has 0 spiro atoms. The predicted octanol–water partition coefficient (Wildman–Crippen LogP) is 1.57. The molecule has 3 nitrogen and oxygen atoms in total. The lowest BCUT2D eigenvalue weighted by molar-refractivity contribution is 1.01. The highest BCUT2D eigenvalue weighted by molar-refractivity contribution is 5.60. The van der Waals surface area contributed by atoms with Gasteiger partial charge in [-0.1, -0.05) is 24.3 Å². The molecule has 0 bridgehead atoms. The lowest BCUT2D eigenvalue weighted by Crippen LogP contribution is -2.08. The van der Waals surface area contributed by atoms with Crippen LogP contribution in [0.3, 0.4) is 0 Å². The maximum Gasteiger partial charge on any atom is 0.158 e. The molecule has 0 unspecified atom stereocenters. The van der Waals surface area contributed by atoms with Gasteiger partial charge in [-0.3, -0.25) is 4.68 Å². The molecule has 2 N–H and O–H groups in total. The van der Waals surface area contributed by atoms with E-state index in [4.69, 9.17) is 5.84 Å². The topological polar surface area (TPSA) is 43.8 Å². The van der Waals surface area contributed by atoms with E-state index in [1.165, 1.54) is 10.2 Å². The maximum atomic E-state index is 5.70. The number of hydrogen-bond donors (Lipinski definition) is 1. The number of rotatable bonds is 1. The van der Waals surface area contributed by atoms with E-state index in [0.717, 1.165) is 11.4 Å². The zero-order valence-electron chi connectivity index (χ0n) is 7.44. The second kappa shape index (κ2) is 2.94. The van der Waals surface area contributed by atoms with Crippen molar-refractivity contribution in [3.8, 4) is 11.4 Å². The minimum Gasteiger partial charge on any atom is -0.338 e. The Morgan fingerprint density at radius 2 is 2.08 bits per heavy atom. The highest BCUT2D eigenvalue weighted by Gasteiger charge is 2.04. The van der Waals surface area contributed by atoms with Gasteiger partial charge < -0.3 is 5.84 Å². The molecule has 1 aromatic carbocycles. The first-order valence-electron chi connectivity index (χ1n) is 4.13. The molecule has 66 valence electrons. The Hall–Kier alpha value is -1.77. The Morgan fingerprint density at radius 1 is 1.31 bits per heavy atom. The van der Waals surface area contributed by atoms with E-state index >= 15 is 0 Å². The van der Waals surface area contributed by atoms with E-state index in [0.29, 0.717) is 0 Å². The average molecular weight is 173 g/mol. The summed E-state index contributed by atoms with van der Waals surface area (Å²) in [6.45, 7) is 2.05. The van der Waals surface area contributed by atoms with Gasteiger partial charge in [0.05, 0.1) is 0 Å². The highest BCUT2D eigenvalue weighted by Crippen LogP contribution is 2.19. The minimum atomic E-state index is 0.804. The molecule has 0 aliphatic carbocycles. The van der Waals surface area contributed by atoms with Crippen molar-refractivity contribution in [2.45, 2.75) is 6.92 Å². The summed E-state index contributed by atoms with van der Waals surface area (Å²) in [6, 6.07) is 8.05. The van der Waals surface area contributed by atoms with Gasteiger partial charge in [0.15, 0.2) is 5.82 Å². The highest BCUT2D eigenvalue weighted by atomic mass is 15.3. The van der Waals surface area contributed by atoms with Gasteiger partial charge in [-0.15, -0.1) is 0 Å². The molecule has 1 aromatic heterocycles. The van der Waals surface area contributed by atoms with Crippen molar-refractivity contribution in [2.24, 2.45) is 0 Å². The van der Waals surface area contributed by atoms with Crippen molar-refractivity contribution in [3.05, 3.63) is 42.2 Å². The van der Waals surface area contributed by atoms with E-state index in [1.54, 1.807) is 12.4 Å². The van der Waals surface area contributed by atoms with Crippen LogP contribution in [-0.2, 0) is 0 Å². The number of benzene rings is 1. The molecule has 0 saturated carbocycles. The standard InChI is InChI=1S/C10H11N3/c1-8-4-2-3-5-9(8)10-12-6-7-13(10)11/h2-7H,11H2,1H3. The van der Waals surface area contributed by atoms with Crippen LogP contribution in [0.4, 0.5) is 0 Å². The lowest BCUT2D eigenvalue weighted by atomic mass is 10.1. The normalized spacial score (nSPS) is 10.2. The van der Waals surface area contributed by atoms with Crippen LogP contribution in [-0.4, -0.2) is 9.66 Å². The molecule has 2 rings (SSSR count). The third-order valence-electron chi connectivity index (χ3n) is 2.05. The van der Waals surface area contributed by atoms with Gasteiger partial charge in [-0.05, 0) is 12.5 Å². The number of aryl methyl sites for hydroxylation is 1. The van der Waals surface area contributed by atoms with Crippen molar-refractivity contribution in [2.75, 3.05) is 5.84 Å². The molecule has 2 aromatic rings. The van der Waals surface area contributed by atoms with Crippen molar-refractivity contribution >= 4 is 0 Å². The van der Waals surface area contributed by atoms with E-state index in [1.807, 2.05) is 31.2 Å². The Labute approximate surface area is 76.8 Å². The van der Waals surface area contributed by atoms with E-state index in [2.05, 4.69) is 4.98 Å². The zero-order chi connectivity index (χ0) is 9.26. The average Bonchev–Trinajstić information content (AvgIpc) is 2.52. The zero-order valence-corrected chi connectivity index (χ0v) is 7.44. The third-order valence-corrected chi connectivity index (χ3v) is 2.05. The fraction of sp³-hybridized carbons (Fsp3) is 0.100. The summed E-state index contributed by atoms with van der Waals surface area (Å²) < 4.78 is 1.53. The number of nitrogens with zero attached hydrogens (tertiary/aromatic N) is 2. The van der Waals surface area contributed by atoms with Crippen LogP contribution in [0.5, 0.6) is 0 Å². The van der Waals surface area contributed by atoms with Crippen LogP contribution >= 0.6 is 0 Å². The number of nitrogens with two attached hydrogens (primary N) is 1. The molecular weight excluding hydrogens is 162 g/mol. The summed E-state index contributed by atoms with van der Waals surface area (Å²) in [7, 11) is 0. The minimum absolute atomic E-state index is 0.804. The number of nitrogen functional groups attached to an aromatic ring is 1. The Balaban J connectivity index is 2.59. The van der Waals surface area contributed by atoms with Crippen LogP contribution in [0.2, 0.25) is 0 Å². The van der Waals surface area contributed by atoms with Crippen molar-refractivity contribution in [1.82, 2.24) is 9.66 Å². The van der Waals surface area contributed by atoms with Gasteiger partial charge in [0.1, 0.15) is 0 Å². The smallest absolute Gasteiger partial charge is 0.158 e. The molecule has 1 heterocycles. The Kier molecular flexibility index (Phi) is 1.77. The fourth-order valence-electron chi connectivity index (χ4n) is 1.35. The molecule has 0 radical (unpaired) electrons. The van der Waals surface area contributed by atoms with Crippen LogP contribution in [0.25, 0.3) is 11.4 Å². The first-order chi connectivity index (χ1) is 6.29. The summed E-state index contributed by atoms with van der Waals surface area (Å²) in [5.41, 5.74) is 2.26. The number of aromatic nitrogens is 2. The second-order valence-corrected chi connectivity index (χ2v) is 2.97. The van der Waals surface area contributed by atoms with Crippen LogP contribution in [0, 0.1) is 6.92 Å². The number of hydrogen-bond acceptors (Lipinski definition) is 2. The van der Waals surface area contributed by atoms with Crippen LogP contribution in [0.1, 0.15) is 5.56 Å². The Morgan fingerprint density at radius 3 is 2.69 bits per heavy atom. The molecule has 3 heteroatoms. The van der Waals surface area contributed by atoms with Crippen molar-refractivity contribution < 1.29 is 0 Å². The van der Waals surface area contributed by atoms with Crippen molar-refractivity contribution in [1.29, 1.82) is 0 Å². The van der Waals surface area contributed by atoms with Crippen LogP contribution in [0.15, 0.2) is 36.7 Å². The molecule has 0 amide bonds. The Bertz CT molecular complexity index is 418. The number of imidazole rings is 1. The fourth-order valence-corrected chi connectivity index (χ4v) is 1.35. The van der Waals surface area contributed by atoms with Gasteiger partial charge in [0, 0.05) is 18.0 Å². The largest absolute Gasteiger partial charge is 0.338 e. The first kappa shape index (κ1) is 7.86. The SMILES string of the molecule is Cc1ccccc1-c1nccn1N. The van der Waals surface area contributed by atoms with Crippen molar-refractivity contribution in [3.63, 3.8) is 0 Å². The summed E-state index contributed by atoms with van der Waals surface area (Å²) in [4.78, 5) is 4.18. The van der Waals surface area contributed by atoms with Gasteiger partial charge >= 0.3 is 0 Å². The first-order valence-corrected chi connectivity index (χ1v) is 4.13. The molecule has 0 saturated heterocycles. The molecule has 0 atom stereocenters. The van der Waals surface area contributed by atoms with Crippen LogP contribution < -0.4 is 5.84 Å². The van der Waals surface area contributed by atoms with Gasteiger partial charge in [-0.2, -0.15) is 0 Å². The van der Waals surface area contributed by atoms with Gasteiger partial charge in [0.25, 0.3) is 0 Å². The summed E-state index contributed by atoms with van der Waals surface area (Å²) in [5.74, 6) is 6.50. The second-order valence-electron chi connectivity index (χ2n) is 2.97. The van der Waals surface area contributed by atoms with Gasteiger partial charge in [-0.25, -0.2) is 4.98 Å². The molecular formula is C10H11N3. The molecule has 0 fully saturated rings. The van der Waals surface area contributed by atoms with E-state index < -0.39 is 0 Å². The monoisotopic (exact) mass is 173 g/mol. The molecule has 0 aliphatic rings. The molecule has 0 aliphatic heterocycles. The summed E-state index contributed by atoms with van der Waals surface area (Å²) in [6.07, 6.45) is 3.43. The third kappa shape index (κ3) is 1.28. The molecule has 13 heavy (non-hydrogen) atoms. The van der Waals surface area contributed by atoms with Gasteiger partial charge in [0.2, 0.25) is 0 Å². The predicted molar refractivity (Wildman–Crippen MR) is 52.6 cm³/mol. The lowest BCUT2D eigenvalue weighted by Gasteiger charge is -2.04. The summed E-state index contributed by atoms with van der Waals surface area (Å²) >= 11 is 0. The van der Waals surface area contributed by atoms with E-state index in [-0.39, 0.29) is 0 Å². The quantitative estimate of drug-likeness (QED) is 0.665. The maximum absolute atomic E-state index is 5.70.